The van der Waals surface area contributed by atoms with Crippen LogP contribution in [0.5, 0.6) is 5.75 Å². The Labute approximate surface area is 103 Å². The van der Waals surface area contributed by atoms with E-state index in [1.165, 1.54) is 0 Å². The van der Waals surface area contributed by atoms with Gasteiger partial charge in [-0.25, -0.2) is 4.79 Å². The molecule has 0 spiro atoms. The lowest BCUT2D eigenvalue weighted by atomic mass is 10.1. The van der Waals surface area contributed by atoms with Gasteiger partial charge in [-0.1, -0.05) is 0 Å². The van der Waals surface area contributed by atoms with E-state index in [-0.39, 0.29) is 5.56 Å². The molecular formula is C11H13F3O3Si. The summed E-state index contributed by atoms with van der Waals surface area (Å²) in [5.74, 6) is -1.70. The first-order valence-electron chi connectivity index (χ1n) is 5.14. The van der Waals surface area contributed by atoms with E-state index in [0.29, 0.717) is 0 Å². The molecule has 0 aliphatic carbocycles. The SMILES string of the molecule is C[Si](C)(C)Oc1cc(C(=O)O)ccc1C(F)(F)F. The van der Waals surface area contributed by atoms with Crippen molar-refractivity contribution in [2.75, 3.05) is 0 Å². The van der Waals surface area contributed by atoms with Crippen LogP contribution in [-0.2, 0) is 6.18 Å². The molecular weight excluding hydrogens is 265 g/mol. The molecule has 0 saturated carbocycles. The van der Waals surface area contributed by atoms with Gasteiger partial charge >= 0.3 is 12.1 Å². The van der Waals surface area contributed by atoms with E-state index in [1.807, 2.05) is 0 Å². The Hall–Kier alpha value is -1.50. The Morgan fingerprint density at radius 1 is 1.28 bits per heavy atom. The molecule has 3 nitrogen and oxygen atoms in total. The first-order chi connectivity index (χ1) is 8.00. The maximum atomic E-state index is 12.7. The van der Waals surface area contributed by atoms with E-state index >= 15 is 0 Å². The number of hydrogen-bond acceptors (Lipinski definition) is 2. The van der Waals surface area contributed by atoms with E-state index in [1.54, 1.807) is 19.6 Å². The van der Waals surface area contributed by atoms with Gasteiger partial charge in [-0.15, -0.1) is 0 Å². The highest BCUT2D eigenvalue weighted by Crippen LogP contribution is 2.37. The van der Waals surface area contributed by atoms with E-state index < -0.39 is 31.8 Å². The first-order valence-corrected chi connectivity index (χ1v) is 8.55. The van der Waals surface area contributed by atoms with Crippen molar-refractivity contribution in [2.24, 2.45) is 0 Å². The molecule has 7 heteroatoms. The zero-order valence-corrected chi connectivity index (χ0v) is 11.1. The average Bonchev–Trinajstić information content (AvgIpc) is 2.12. The van der Waals surface area contributed by atoms with Gasteiger partial charge in [0.2, 0.25) is 8.32 Å². The molecule has 0 amide bonds. The lowest BCUT2D eigenvalue weighted by Gasteiger charge is -2.22. The monoisotopic (exact) mass is 278 g/mol. The van der Waals surface area contributed by atoms with Gasteiger partial charge in [0.1, 0.15) is 5.75 Å². The Bertz CT molecular complexity index is 464. The van der Waals surface area contributed by atoms with Gasteiger partial charge in [-0.3, -0.25) is 0 Å². The standard InChI is InChI=1S/C11H13F3O3Si/c1-18(2,3)17-9-6-7(10(15)16)4-5-8(9)11(12,13)14/h4-6H,1-3H3,(H,15,16). The van der Waals surface area contributed by atoms with Crippen LogP contribution in [0.1, 0.15) is 15.9 Å². The Morgan fingerprint density at radius 3 is 2.22 bits per heavy atom. The van der Waals surface area contributed by atoms with Crippen molar-refractivity contribution in [1.82, 2.24) is 0 Å². The highest BCUT2D eigenvalue weighted by Gasteiger charge is 2.36. The molecule has 0 heterocycles. The zero-order chi connectivity index (χ0) is 14.1. The summed E-state index contributed by atoms with van der Waals surface area (Å²) in [5.41, 5.74) is -1.17. The molecule has 1 rings (SSSR count). The van der Waals surface area contributed by atoms with E-state index in [4.69, 9.17) is 9.53 Å². The lowest BCUT2D eigenvalue weighted by molar-refractivity contribution is -0.138. The second-order valence-corrected chi connectivity index (χ2v) is 9.16. The summed E-state index contributed by atoms with van der Waals surface area (Å²) >= 11 is 0. The van der Waals surface area contributed by atoms with Crippen molar-refractivity contribution in [3.63, 3.8) is 0 Å². The Balaban J connectivity index is 3.32. The summed E-state index contributed by atoms with van der Waals surface area (Å²) in [6, 6.07) is 2.57. The number of alkyl halides is 3. The number of aromatic carboxylic acids is 1. The number of carboxylic acid groups (broad SMARTS) is 1. The fraction of sp³-hybridized carbons (Fsp3) is 0.364. The fourth-order valence-corrected chi connectivity index (χ4v) is 2.13. The maximum absolute atomic E-state index is 12.7. The number of carboxylic acids is 1. The number of benzene rings is 1. The minimum Gasteiger partial charge on any atom is -0.544 e. The summed E-state index contributed by atoms with van der Waals surface area (Å²) in [6.45, 7) is 5.17. The highest BCUT2D eigenvalue weighted by molar-refractivity contribution is 6.70. The predicted molar refractivity (Wildman–Crippen MR) is 62.4 cm³/mol. The molecule has 1 N–H and O–H groups in total. The summed E-state index contributed by atoms with van der Waals surface area (Å²) in [5, 5.41) is 8.78. The predicted octanol–water partition coefficient (Wildman–Crippen LogP) is 3.62. The molecule has 0 saturated heterocycles. The molecule has 0 unspecified atom stereocenters. The van der Waals surface area contributed by atoms with Crippen LogP contribution in [0, 0.1) is 0 Å². The van der Waals surface area contributed by atoms with Crippen molar-refractivity contribution < 1.29 is 27.5 Å². The van der Waals surface area contributed by atoms with E-state index in [9.17, 15) is 18.0 Å². The van der Waals surface area contributed by atoms with Crippen molar-refractivity contribution in [2.45, 2.75) is 25.8 Å². The van der Waals surface area contributed by atoms with Gasteiger partial charge in [0, 0.05) is 0 Å². The summed E-state index contributed by atoms with van der Waals surface area (Å²) in [4.78, 5) is 10.8. The molecule has 0 aliphatic rings. The highest BCUT2D eigenvalue weighted by atomic mass is 28.4. The Kier molecular flexibility index (Phi) is 3.75. The minimum atomic E-state index is -4.56. The molecule has 0 radical (unpaired) electrons. The molecule has 1 aromatic rings. The maximum Gasteiger partial charge on any atom is 0.419 e. The molecule has 18 heavy (non-hydrogen) atoms. The van der Waals surface area contributed by atoms with Crippen LogP contribution < -0.4 is 4.43 Å². The molecule has 100 valence electrons. The summed E-state index contributed by atoms with van der Waals surface area (Å²) in [6.07, 6.45) is -4.56. The van der Waals surface area contributed by atoms with Crippen LogP contribution in [0.2, 0.25) is 19.6 Å². The largest absolute Gasteiger partial charge is 0.544 e. The van der Waals surface area contributed by atoms with Gasteiger partial charge in [0.15, 0.2) is 0 Å². The molecule has 0 atom stereocenters. The topological polar surface area (TPSA) is 46.5 Å². The van der Waals surface area contributed by atoms with Crippen molar-refractivity contribution in [1.29, 1.82) is 0 Å². The number of carbonyl (C=O) groups is 1. The fourth-order valence-electron chi connectivity index (χ4n) is 1.30. The van der Waals surface area contributed by atoms with Crippen LogP contribution in [0.25, 0.3) is 0 Å². The second kappa shape index (κ2) is 4.64. The van der Waals surface area contributed by atoms with Gasteiger partial charge in [0.25, 0.3) is 0 Å². The molecule has 0 fully saturated rings. The first kappa shape index (κ1) is 14.6. The van der Waals surface area contributed by atoms with Crippen LogP contribution in [-0.4, -0.2) is 19.4 Å². The van der Waals surface area contributed by atoms with Gasteiger partial charge in [-0.2, -0.15) is 13.2 Å². The van der Waals surface area contributed by atoms with Gasteiger partial charge < -0.3 is 9.53 Å². The number of hydrogen-bond donors (Lipinski definition) is 1. The van der Waals surface area contributed by atoms with Crippen molar-refractivity contribution in [3.8, 4) is 5.75 Å². The van der Waals surface area contributed by atoms with Gasteiger partial charge in [0.05, 0.1) is 11.1 Å². The van der Waals surface area contributed by atoms with Crippen LogP contribution >= 0.6 is 0 Å². The average molecular weight is 278 g/mol. The molecule has 0 aromatic heterocycles. The summed E-state index contributed by atoms with van der Waals surface area (Å²) in [7, 11) is -2.26. The third-order valence-electron chi connectivity index (χ3n) is 1.95. The Morgan fingerprint density at radius 2 is 1.83 bits per heavy atom. The zero-order valence-electron chi connectivity index (χ0n) is 10.1. The van der Waals surface area contributed by atoms with E-state index in [0.717, 1.165) is 18.2 Å². The normalized spacial score (nSPS) is 12.3. The van der Waals surface area contributed by atoms with Crippen LogP contribution in [0.4, 0.5) is 13.2 Å². The van der Waals surface area contributed by atoms with Crippen molar-refractivity contribution >= 4 is 14.3 Å². The molecule has 1 aromatic carbocycles. The molecule has 0 bridgehead atoms. The number of rotatable bonds is 3. The smallest absolute Gasteiger partial charge is 0.419 e. The number of halogens is 3. The lowest BCUT2D eigenvalue weighted by Crippen LogP contribution is -2.30. The van der Waals surface area contributed by atoms with E-state index in [2.05, 4.69) is 0 Å². The van der Waals surface area contributed by atoms with Crippen molar-refractivity contribution in [3.05, 3.63) is 29.3 Å². The quantitative estimate of drug-likeness (QED) is 0.859. The third-order valence-corrected chi connectivity index (χ3v) is 2.78. The second-order valence-electron chi connectivity index (χ2n) is 4.73. The third kappa shape index (κ3) is 3.76. The van der Waals surface area contributed by atoms with Crippen LogP contribution in [0.3, 0.4) is 0 Å². The minimum absolute atomic E-state index is 0.226. The van der Waals surface area contributed by atoms with Gasteiger partial charge in [-0.05, 0) is 37.8 Å². The van der Waals surface area contributed by atoms with Crippen LogP contribution in [0.15, 0.2) is 18.2 Å². The summed E-state index contributed by atoms with van der Waals surface area (Å²) < 4.78 is 43.5. The molecule has 0 aliphatic heterocycles.